The van der Waals surface area contributed by atoms with Gasteiger partial charge in [-0.1, -0.05) is 36.4 Å². The zero-order valence-electron chi connectivity index (χ0n) is 15.7. The molecule has 9 heteroatoms. The average Bonchev–Trinajstić information content (AvgIpc) is 2.69. The van der Waals surface area contributed by atoms with Crippen LogP contribution < -0.4 is 5.32 Å². The van der Waals surface area contributed by atoms with Crippen LogP contribution in [0.15, 0.2) is 66.9 Å². The number of rotatable bonds is 0. The van der Waals surface area contributed by atoms with Gasteiger partial charge in [0.05, 0.1) is 11.0 Å². The number of aliphatic carboxylic acids is 1. The summed E-state index contributed by atoms with van der Waals surface area (Å²) >= 11 is 0. The molecule has 0 saturated heterocycles. The highest BCUT2D eigenvalue weighted by Gasteiger charge is 2.38. The Balaban J connectivity index is 0.000000318. The van der Waals surface area contributed by atoms with Crippen molar-refractivity contribution in [3.63, 3.8) is 0 Å². The number of carbonyl (C=O) groups is 1. The number of fused-ring (bicyclic) bond motifs is 6. The Morgan fingerprint density at radius 2 is 1.47 bits per heavy atom. The second-order valence-electron chi connectivity index (χ2n) is 6.34. The fourth-order valence-electron chi connectivity index (χ4n) is 2.51. The van der Waals surface area contributed by atoms with E-state index in [1.54, 1.807) is 0 Å². The summed E-state index contributed by atoms with van der Waals surface area (Å²) in [4.78, 5) is 21.5. The first-order chi connectivity index (χ1) is 14.2. The molecule has 2 heterocycles. The summed E-state index contributed by atoms with van der Waals surface area (Å²) in [5, 5.41) is 12.5. The highest BCUT2D eigenvalue weighted by Crippen LogP contribution is 2.16. The first-order valence-corrected chi connectivity index (χ1v) is 8.77. The van der Waals surface area contributed by atoms with E-state index < -0.39 is 12.1 Å². The van der Waals surface area contributed by atoms with Crippen molar-refractivity contribution in [2.24, 2.45) is 0 Å². The van der Waals surface area contributed by atoms with Gasteiger partial charge >= 0.3 is 12.1 Å². The molecule has 6 nitrogen and oxygen atoms in total. The van der Waals surface area contributed by atoms with Crippen LogP contribution in [-0.4, -0.2) is 32.2 Å². The number of halogens is 3. The predicted octanol–water partition coefficient (Wildman–Crippen LogP) is 5.22. The van der Waals surface area contributed by atoms with Crippen LogP contribution in [0.1, 0.15) is 12.7 Å². The van der Waals surface area contributed by atoms with Gasteiger partial charge in [-0.3, -0.25) is 0 Å². The van der Waals surface area contributed by atoms with Crippen molar-refractivity contribution in [1.82, 2.24) is 15.0 Å². The maximum atomic E-state index is 10.6. The number of allylic oxidation sites excluding steroid dienone is 1. The van der Waals surface area contributed by atoms with Crippen LogP contribution in [-0.2, 0) is 4.79 Å². The minimum atomic E-state index is -5.08. The minimum absolute atomic E-state index is 0.672. The zero-order chi connectivity index (χ0) is 21.7. The molecule has 6 bridgehead atoms. The second-order valence-corrected chi connectivity index (χ2v) is 6.34. The molecular formula is C21H17F3N4O2. The molecule has 3 N–H and O–H groups in total. The summed E-state index contributed by atoms with van der Waals surface area (Å²) in [6.45, 7) is 2.01. The summed E-state index contributed by atoms with van der Waals surface area (Å²) in [6.07, 6.45) is -3.17. The number of aromatic nitrogens is 3. The Labute approximate surface area is 169 Å². The quantitative estimate of drug-likeness (QED) is 0.469. The lowest BCUT2D eigenvalue weighted by molar-refractivity contribution is -0.192. The summed E-state index contributed by atoms with van der Waals surface area (Å²) in [5.74, 6) is -1.28. The normalized spacial score (nSPS) is 12.1. The van der Waals surface area contributed by atoms with E-state index in [4.69, 9.17) is 14.9 Å². The Kier molecular flexibility index (Phi) is 6.01. The van der Waals surface area contributed by atoms with E-state index in [1.807, 2.05) is 37.4 Å². The molecule has 0 saturated carbocycles. The van der Waals surface area contributed by atoms with Gasteiger partial charge in [0.2, 0.25) is 5.95 Å². The van der Waals surface area contributed by atoms with E-state index in [2.05, 4.69) is 51.7 Å². The number of aromatic amines is 1. The van der Waals surface area contributed by atoms with Gasteiger partial charge in [0.1, 0.15) is 5.82 Å². The number of carboxylic acid groups (broad SMARTS) is 1. The number of nitrogens with zero attached hydrogens (tertiary/aromatic N) is 2. The Bertz CT molecular complexity index is 1220. The molecule has 0 fully saturated rings. The molecule has 0 spiro atoms. The van der Waals surface area contributed by atoms with E-state index in [0.717, 1.165) is 33.2 Å². The molecule has 0 unspecified atom stereocenters. The molecule has 0 radical (unpaired) electrons. The molecule has 0 atom stereocenters. The highest BCUT2D eigenvalue weighted by molar-refractivity contribution is 5.73. The molecule has 1 aromatic heterocycles. The highest BCUT2D eigenvalue weighted by atomic mass is 19.4. The van der Waals surface area contributed by atoms with Crippen LogP contribution in [0.2, 0.25) is 0 Å². The lowest BCUT2D eigenvalue weighted by Crippen LogP contribution is -2.21. The van der Waals surface area contributed by atoms with Gasteiger partial charge < -0.3 is 15.4 Å². The summed E-state index contributed by atoms with van der Waals surface area (Å²) in [7, 11) is 0. The van der Waals surface area contributed by atoms with Crippen LogP contribution in [0.5, 0.6) is 0 Å². The van der Waals surface area contributed by atoms with Crippen LogP contribution in [0.4, 0.5) is 19.1 Å². The van der Waals surface area contributed by atoms with Gasteiger partial charge in [-0.2, -0.15) is 13.2 Å². The monoisotopic (exact) mass is 414 g/mol. The number of alkyl halides is 3. The largest absolute Gasteiger partial charge is 0.490 e. The number of nitrogens with one attached hydrogen (secondary N) is 2. The third-order valence-electron chi connectivity index (χ3n) is 3.97. The maximum absolute atomic E-state index is 10.6. The zero-order valence-corrected chi connectivity index (χ0v) is 15.7. The number of H-pyrrole nitrogens is 1. The van der Waals surface area contributed by atoms with Crippen molar-refractivity contribution < 1.29 is 23.1 Å². The van der Waals surface area contributed by atoms with Crippen molar-refractivity contribution in [2.75, 3.05) is 5.32 Å². The number of benzene rings is 2. The van der Waals surface area contributed by atoms with Gasteiger partial charge in [-0.15, -0.1) is 0 Å². The molecule has 3 aromatic rings. The minimum Gasteiger partial charge on any atom is -0.475 e. The Morgan fingerprint density at radius 3 is 2.00 bits per heavy atom. The average molecular weight is 414 g/mol. The maximum Gasteiger partial charge on any atom is 0.490 e. The first-order valence-electron chi connectivity index (χ1n) is 8.77. The molecule has 0 amide bonds. The van der Waals surface area contributed by atoms with E-state index >= 15 is 0 Å². The molecule has 30 heavy (non-hydrogen) atoms. The van der Waals surface area contributed by atoms with Gasteiger partial charge in [0, 0.05) is 11.8 Å². The lowest BCUT2D eigenvalue weighted by Gasteiger charge is -2.09. The van der Waals surface area contributed by atoms with E-state index in [-0.39, 0.29) is 0 Å². The van der Waals surface area contributed by atoms with Gasteiger partial charge in [-0.25, -0.2) is 14.8 Å². The Hall–Kier alpha value is -3.88. The van der Waals surface area contributed by atoms with Crippen molar-refractivity contribution in [2.45, 2.75) is 13.1 Å². The number of hydrogen-bond acceptors (Lipinski definition) is 4. The molecule has 1 aliphatic rings. The van der Waals surface area contributed by atoms with Crippen LogP contribution in [0.25, 0.3) is 27.4 Å². The lowest BCUT2D eigenvalue weighted by atomic mass is 10.2. The molecule has 154 valence electrons. The smallest absolute Gasteiger partial charge is 0.475 e. The van der Waals surface area contributed by atoms with Crippen LogP contribution in [0.3, 0.4) is 0 Å². The van der Waals surface area contributed by atoms with Crippen molar-refractivity contribution >= 4 is 39.3 Å². The molecule has 2 aromatic carbocycles. The molecule has 1 aliphatic heterocycles. The van der Waals surface area contributed by atoms with Crippen molar-refractivity contribution in [1.29, 1.82) is 0 Å². The topological polar surface area (TPSA) is 90.9 Å². The summed E-state index contributed by atoms with van der Waals surface area (Å²) < 4.78 is 31.7. The van der Waals surface area contributed by atoms with Gasteiger partial charge in [-0.05, 0) is 42.0 Å². The summed E-state index contributed by atoms with van der Waals surface area (Å²) in [6, 6.07) is 20.4. The van der Waals surface area contributed by atoms with Crippen molar-refractivity contribution in [3.8, 4) is 0 Å². The van der Waals surface area contributed by atoms with E-state index in [9.17, 15) is 13.2 Å². The van der Waals surface area contributed by atoms with Crippen LogP contribution in [0, 0.1) is 0 Å². The second kappa shape index (κ2) is 8.64. The molecule has 0 aliphatic carbocycles. The van der Waals surface area contributed by atoms with Gasteiger partial charge in [0.15, 0.2) is 0 Å². The third-order valence-corrected chi connectivity index (χ3v) is 3.97. The number of hydrogen-bond donors (Lipinski definition) is 3. The molecular weight excluding hydrogens is 397 g/mol. The van der Waals surface area contributed by atoms with Crippen LogP contribution >= 0.6 is 0 Å². The first kappa shape index (κ1) is 20.8. The fourth-order valence-corrected chi connectivity index (χ4v) is 2.51. The number of carboxylic acids is 1. The molecule has 4 rings (SSSR count). The van der Waals surface area contributed by atoms with Gasteiger partial charge in [0.25, 0.3) is 0 Å². The third kappa shape index (κ3) is 5.57. The van der Waals surface area contributed by atoms with Crippen molar-refractivity contribution in [3.05, 3.63) is 72.7 Å². The predicted molar refractivity (Wildman–Crippen MR) is 109 cm³/mol. The van der Waals surface area contributed by atoms with E-state index in [0.29, 0.717) is 5.95 Å². The van der Waals surface area contributed by atoms with E-state index in [1.165, 1.54) is 0 Å². The Morgan fingerprint density at radius 1 is 0.933 bits per heavy atom. The fraction of sp³-hybridized carbons (Fsp3) is 0.0952. The SMILES string of the molecule is CC1=CNc2nc3cccc(ccc4cccc(c4)nc1[nH]2)c3.O=C(O)C(F)(F)F. The standard InChI is InChI=1S/C19H16N4.C2HF3O2/c1-13-12-20-19-22-17-7-3-5-15(11-17)9-8-14-4-2-6-16(10-14)21-18(13)23-19;3-2(4,5)1(6)7/h2-12H,1H3,(H2,20,21,22,23);(H,6,7). The number of anilines is 1. The summed E-state index contributed by atoms with van der Waals surface area (Å²) in [5.41, 5.74) is 2.84.